The van der Waals surface area contributed by atoms with Crippen molar-refractivity contribution >= 4 is 6.09 Å². The Balaban J connectivity index is 1.59. The summed E-state index contributed by atoms with van der Waals surface area (Å²) < 4.78 is 10.6. The standard InChI is InChI=1S/C12H22N2O3/c15-12(14-10-4-2-1-3-5-10)17-9-11-8-13-6-7-16-11/h10-11,13H,1-9H2,(H,14,15). The van der Waals surface area contributed by atoms with Crippen molar-refractivity contribution in [3.8, 4) is 0 Å². The molecule has 98 valence electrons. The molecule has 2 N–H and O–H groups in total. The number of nitrogens with one attached hydrogen (secondary N) is 2. The van der Waals surface area contributed by atoms with E-state index >= 15 is 0 Å². The van der Waals surface area contributed by atoms with Crippen LogP contribution in [0.1, 0.15) is 32.1 Å². The third-order valence-corrected chi connectivity index (χ3v) is 3.33. The second-order valence-electron chi connectivity index (χ2n) is 4.77. The van der Waals surface area contributed by atoms with E-state index in [1.54, 1.807) is 0 Å². The zero-order valence-corrected chi connectivity index (χ0v) is 10.2. The van der Waals surface area contributed by atoms with Crippen LogP contribution in [-0.2, 0) is 9.47 Å². The first-order valence-corrected chi connectivity index (χ1v) is 6.60. The van der Waals surface area contributed by atoms with Crippen molar-refractivity contribution in [3.05, 3.63) is 0 Å². The molecule has 1 aliphatic carbocycles. The molecule has 1 heterocycles. The fourth-order valence-corrected chi connectivity index (χ4v) is 2.35. The van der Waals surface area contributed by atoms with Crippen molar-refractivity contribution in [3.63, 3.8) is 0 Å². The summed E-state index contributed by atoms with van der Waals surface area (Å²) in [4.78, 5) is 11.5. The summed E-state index contributed by atoms with van der Waals surface area (Å²) >= 11 is 0. The molecule has 5 nitrogen and oxygen atoms in total. The number of amides is 1. The van der Waals surface area contributed by atoms with Gasteiger partial charge in [-0.3, -0.25) is 0 Å². The van der Waals surface area contributed by atoms with Gasteiger partial charge in [0.25, 0.3) is 0 Å². The van der Waals surface area contributed by atoms with Crippen LogP contribution in [0.3, 0.4) is 0 Å². The zero-order chi connectivity index (χ0) is 11.9. The first-order valence-electron chi connectivity index (χ1n) is 6.60. The Bertz CT molecular complexity index is 236. The SMILES string of the molecule is O=C(NC1CCCCC1)OCC1CNCCO1. The van der Waals surface area contributed by atoms with Crippen LogP contribution in [0.4, 0.5) is 4.79 Å². The zero-order valence-electron chi connectivity index (χ0n) is 10.2. The van der Waals surface area contributed by atoms with Gasteiger partial charge in [0.1, 0.15) is 12.7 Å². The molecule has 1 atom stereocenters. The molecule has 0 aromatic rings. The molecule has 0 spiro atoms. The van der Waals surface area contributed by atoms with E-state index in [0.717, 1.165) is 25.9 Å². The predicted octanol–water partition coefficient (Wildman–Crippen LogP) is 1.03. The van der Waals surface area contributed by atoms with Crippen molar-refractivity contribution in [2.45, 2.75) is 44.2 Å². The van der Waals surface area contributed by atoms with E-state index in [1.807, 2.05) is 0 Å². The van der Waals surface area contributed by atoms with Gasteiger partial charge in [-0.15, -0.1) is 0 Å². The van der Waals surface area contributed by atoms with E-state index in [4.69, 9.17) is 9.47 Å². The van der Waals surface area contributed by atoms with Crippen molar-refractivity contribution in [1.82, 2.24) is 10.6 Å². The van der Waals surface area contributed by atoms with Crippen LogP contribution in [0.15, 0.2) is 0 Å². The van der Waals surface area contributed by atoms with E-state index in [0.29, 0.717) is 19.3 Å². The number of carbonyl (C=O) groups is 1. The molecule has 1 saturated heterocycles. The lowest BCUT2D eigenvalue weighted by atomic mass is 9.96. The van der Waals surface area contributed by atoms with E-state index in [1.165, 1.54) is 19.3 Å². The van der Waals surface area contributed by atoms with Crippen molar-refractivity contribution in [2.24, 2.45) is 0 Å². The van der Waals surface area contributed by atoms with Crippen LogP contribution in [-0.4, -0.2) is 44.5 Å². The van der Waals surface area contributed by atoms with E-state index in [-0.39, 0.29) is 12.2 Å². The van der Waals surface area contributed by atoms with E-state index < -0.39 is 0 Å². The van der Waals surface area contributed by atoms with Crippen LogP contribution in [0.2, 0.25) is 0 Å². The predicted molar refractivity (Wildman–Crippen MR) is 64.0 cm³/mol. The summed E-state index contributed by atoms with van der Waals surface area (Å²) in [5, 5.41) is 6.12. The van der Waals surface area contributed by atoms with Gasteiger partial charge < -0.3 is 20.1 Å². The van der Waals surface area contributed by atoms with Crippen LogP contribution in [0, 0.1) is 0 Å². The van der Waals surface area contributed by atoms with Gasteiger partial charge in [-0.05, 0) is 12.8 Å². The summed E-state index contributed by atoms with van der Waals surface area (Å²) in [5.74, 6) is 0. The molecule has 0 aromatic carbocycles. The van der Waals surface area contributed by atoms with Gasteiger partial charge in [0.05, 0.1) is 6.61 Å². The molecule has 2 fully saturated rings. The molecule has 0 bridgehead atoms. The highest BCUT2D eigenvalue weighted by molar-refractivity contribution is 5.67. The highest BCUT2D eigenvalue weighted by Crippen LogP contribution is 2.17. The molecular weight excluding hydrogens is 220 g/mol. The molecular formula is C12H22N2O3. The maximum absolute atomic E-state index is 11.5. The van der Waals surface area contributed by atoms with Crippen LogP contribution in [0.5, 0.6) is 0 Å². The number of hydrogen-bond donors (Lipinski definition) is 2. The molecule has 2 rings (SSSR count). The lowest BCUT2D eigenvalue weighted by Gasteiger charge is -2.25. The lowest BCUT2D eigenvalue weighted by molar-refractivity contribution is -0.0127. The van der Waals surface area contributed by atoms with Crippen LogP contribution >= 0.6 is 0 Å². The van der Waals surface area contributed by atoms with Gasteiger partial charge in [0, 0.05) is 19.1 Å². The molecule has 1 amide bonds. The van der Waals surface area contributed by atoms with Gasteiger partial charge in [-0.1, -0.05) is 19.3 Å². The molecule has 2 aliphatic rings. The van der Waals surface area contributed by atoms with Gasteiger partial charge in [0.2, 0.25) is 0 Å². The number of morpholine rings is 1. The number of hydrogen-bond acceptors (Lipinski definition) is 4. The largest absolute Gasteiger partial charge is 0.447 e. The maximum atomic E-state index is 11.5. The Morgan fingerprint density at radius 3 is 2.88 bits per heavy atom. The molecule has 1 unspecified atom stereocenters. The summed E-state index contributed by atoms with van der Waals surface area (Å²) in [7, 11) is 0. The van der Waals surface area contributed by atoms with Crippen molar-refractivity contribution < 1.29 is 14.3 Å². The average molecular weight is 242 g/mol. The van der Waals surface area contributed by atoms with Gasteiger partial charge in [0.15, 0.2) is 0 Å². The minimum absolute atomic E-state index is 0.000792. The number of ether oxygens (including phenoxy) is 2. The minimum atomic E-state index is -0.300. The molecule has 0 aromatic heterocycles. The average Bonchev–Trinajstić information content (AvgIpc) is 2.39. The van der Waals surface area contributed by atoms with Gasteiger partial charge in [-0.25, -0.2) is 4.79 Å². The summed E-state index contributed by atoms with van der Waals surface area (Å²) in [6, 6.07) is 0.307. The number of alkyl carbamates (subject to hydrolysis) is 1. The molecule has 17 heavy (non-hydrogen) atoms. The smallest absolute Gasteiger partial charge is 0.407 e. The Morgan fingerprint density at radius 2 is 2.18 bits per heavy atom. The summed E-state index contributed by atoms with van der Waals surface area (Å²) in [6.07, 6.45) is 5.57. The second-order valence-corrected chi connectivity index (χ2v) is 4.77. The summed E-state index contributed by atoms with van der Waals surface area (Å²) in [6.45, 7) is 2.67. The van der Waals surface area contributed by atoms with E-state index in [2.05, 4.69) is 10.6 Å². The first kappa shape index (κ1) is 12.6. The number of carbonyl (C=O) groups excluding carboxylic acids is 1. The molecule has 1 saturated carbocycles. The lowest BCUT2D eigenvalue weighted by Crippen LogP contribution is -2.43. The van der Waals surface area contributed by atoms with Crippen molar-refractivity contribution in [1.29, 1.82) is 0 Å². The van der Waals surface area contributed by atoms with Gasteiger partial charge in [-0.2, -0.15) is 0 Å². The number of rotatable bonds is 3. The highest BCUT2D eigenvalue weighted by Gasteiger charge is 2.18. The quantitative estimate of drug-likeness (QED) is 0.776. The highest BCUT2D eigenvalue weighted by atomic mass is 16.6. The van der Waals surface area contributed by atoms with Crippen molar-refractivity contribution in [2.75, 3.05) is 26.3 Å². The minimum Gasteiger partial charge on any atom is -0.447 e. The normalized spacial score (nSPS) is 26.5. The summed E-state index contributed by atoms with van der Waals surface area (Å²) in [5.41, 5.74) is 0. The van der Waals surface area contributed by atoms with Crippen LogP contribution in [0.25, 0.3) is 0 Å². The first-order chi connectivity index (χ1) is 8.34. The van der Waals surface area contributed by atoms with Gasteiger partial charge >= 0.3 is 6.09 Å². The topological polar surface area (TPSA) is 59.6 Å². The maximum Gasteiger partial charge on any atom is 0.407 e. The second kappa shape index (κ2) is 6.81. The van der Waals surface area contributed by atoms with Crippen LogP contribution < -0.4 is 10.6 Å². The Morgan fingerprint density at radius 1 is 1.35 bits per heavy atom. The Labute approximate surface area is 102 Å². The van der Waals surface area contributed by atoms with E-state index in [9.17, 15) is 4.79 Å². The molecule has 0 radical (unpaired) electrons. The molecule has 5 heteroatoms. The third kappa shape index (κ3) is 4.52. The fraction of sp³-hybridized carbons (Fsp3) is 0.917. The Kier molecular flexibility index (Phi) is 5.07. The monoisotopic (exact) mass is 242 g/mol. The third-order valence-electron chi connectivity index (χ3n) is 3.33. The molecule has 1 aliphatic heterocycles. The Hall–Kier alpha value is -0.810. The fourth-order valence-electron chi connectivity index (χ4n) is 2.35.